The number of carbonyl (C=O) groups excluding carboxylic acids is 3. The molecule has 0 radical (unpaired) electrons. The molecule has 1 aromatic rings. The average Bonchev–Trinajstić information content (AvgIpc) is 2.87. The Labute approximate surface area is 213 Å². The second kappa shape index (κ2) is 13.6. The summed E-state index contributed by atoms with van der Waals surface area (Å²) in [6.45, 7) is 8.82. The van der Waals surface area contributed by atoms with Gasteiger partial charge in [0, 0.05) is 51.7 Å². The first kappa shape index (κ1) is 27.2. The van der Waals surface area contributed by atoms with Gasteiger partial charge in [0.2, 0.25) is 5.91 Å². The van der Waals surface area contributed by atoms with Gasteiger partial charge in [-0.3, -0.25) is 15.0 Å². The van der Waals surface area contributed by atoms with Crippen LogP contribution in [0.1, 0.15) is 39.5 Å². The van der Waals surface area contributed by atoms with Crippen LogP contribution in [0.3, 0.4) is 0 Å². The van der Waals surface area contributed by atoms with E-state index >= 15 is 0 Å². The molecule has 196 valence electrons. The highest BCUT2D eigenvalue weighted by molar-refractivity contribution is 5.98. The van der Waals surface area contributed by atoms with Gasteiger partial charge in [0.1, 0.15) is 5.75 Å². The molecule has 0 aliphatic carbocycles. The maximum Gasteiger partial charge on any atom is 0.353 e. The number of benzene rings is 1. The summed E-state index contributed by atoms with van der Waals surface area (Å²) in [4.78, 5) is 46.2. The maximum atomic E-state index is 13.0. The average molecular weight is 499 g/mol. The molecule has 2 fully saturated rings. The van der Waals surface area contributed by atoms with Crippen molar-refractivity contribution in [2.45, 2.75) is 45.6 Å². The Bertz CT molecular complexity index is 935. The molecule has 2 aliphatic heterocycles. The van der Waals surface area contributed by atoms with E-state index in [2.05, 4.69) is 29.0 Å². The SMILES string of the molecule is C/C=C\CC(C)N1CCN(C(=O)CC2CCN(/C(=N\C(=O)NC(N)=O)Oc3ccccc3)CC2)CC1. The van der Waals surface area contributed by atoms with E-state index in [0.29, 0.717) is 31.3 Å². The van der Waals surface area contributed by atoms with Crippen LogP contribution in [0.15, 0.2) is 47.5 Å². The lowest BCUT2D eigenvalue weighted by molar-refractivity contribution is -0.134. The molecule has 3 N–H and O–H groups in total. The third-order valence-corrected chi connectivity index (χ3v) is 6.73. The number of amidine groups is 1. The fourth-order valence-electron chi connectivity index (χ4n) is 4.57. The molecule has 3 rings (SSSR count). The number of rotatable bonds is 6. The zero-order valence-electron chi connectivity index (χ0n) is 21.3. The second-order valence-corrected chi connectivity index (χ2v) is 9.31. The molecule has 10 nitrogen and oxygen atoms in total. The predicted molar refractivity (Wildman–Crippen MR) is 139 cm³/mol. The molecular formula is C26H38N6O4. The van der Waals surface area contributed by atoms with E-state index in [4.69, 9.17) is 10.5 Å². The minimum absolute atomic E-state index is 0.105. The summed E-state index contributed by atoms with van der Waals surface area (Å²) < 4.78 is 5.85. The minimum atomic E-state index is -0.979. The Morgan fingerprint density at radius 1 is 1.08 bits per heavy atom. The van der Waals surface area contributed by atoms with Gasteiger partial charge in [-0.2, -0.15) is 0 Å². The number of ether oxygens (including phenoxy) is 1. The number of nitrogens with one attached hydrogen (secondary N) is 1. The van der Waals surface area contributed by atoms with Gasteiger partial charge < -0.3 is 20.3 Å². The number of piperazine rings is 1. The monoisotopic (exact) mass is 498 g/mol. The van der Waals surface area contributed by atoms with Crippen molar-refractivity contribution in [1.29, 1.82) is 0 Å². The van der Waals surface area contributed by atoms with Gasteiger partial charge in [-0.25, -0.2) is 9.59 Å². The minimum Gasteiger partial charge on any atom is -0.426 e. The summed E-state index contributed by atoms with van der Waals surface area (Å²) in [7, 11) is 0. The summed E-state index contributed by atoms with van der Waals surface area (Å²) in [5, 5.41) is 1.94. The molecule has 2 heterocycles. The van der Waals surface area contributed by atoms with E-state index in [1.54, 1.807) is 12.1 Å². The van der Waals surface area contributed by atoms with Gasteiger partial charge >= 0.3 is 18.1 Å². The molecule has 0 saturated carbocycles. The Morgan fingerprint density at radius 3 is 2.36 bits per heavy atom. The summed E-state index contributed by atoms with van der Waals surface area (Å²) in [6.07, 6.45) is 7.39. The smallest absolute Gasteiger partial charge is 0.353 e. The number of carbonyl (C=O) groups is 3. The normalized spacial score (nSPS) is 18.8. The van der Waals surface area contributed by atoms with Crippen LogP contribution in [0.25, 0.3) is 0 Å². The number of nitrogens with zero attached hydrogens (tertiary/aromatic N) is 4. The first-order valence-electron chi connectivity index (χ1n) is 12.7. The number of aliphatic imine (C=N–C) groups is 1. The number of hydrogen-bond acceptors (Lipinski definition) is 5. The number of piperidine rings is 1. The molecule has 1 atom stereocenters. The Balaban J connectivity index is 1.50. The van der Waals surface area contributed by atoms with Crippen LogP contribution in [0, 0.1) is 5.92 Å². The molecule has 1 unspecified atom stereocenters. The summed E-state index contributed by atoms with van der Waals surface area (Å²) in [6, 6.07) is 7.74. The third kappa shape index (κ3) is 8.37. The molecule has 2 saturated heterocycles. The van der Waals surface area contributed by atoms with Crippen molar-refractivity contribution >= 4 is 24.0 Å². The van der Waals surface area contributed by atoms with Crippen LogP contribution in [-0.4, -0.2) is 84.0 Å². The second-order valence-electron chi connectivity index (χ2n) is 9.31. The zero-order valence-corrected chi connectivity index (χ0v) is 21.3. The Hall–Kier alpha value is -3.40. The topological polar surface area (TPSA) is 121 Å². The van der Waals surface area contributed by atoms with E-state index < -0.39 is 12.1 Å². The van der Waals surface area contributed by atoms with Gasteiger partial charge in [0.05, 0.1) is 0 Å². The molecule has 1 aromatic carbocycles. The van der Waals surface area contributed by atoms with Crippen molar-refractivity contribution in [2.24, 2.45) is 16.6 Å². The summed E-state index contributed by atoms with van der Waals surface area (Å²) in [5.74, 6) is 1.00. The molecule has 36 heavy (non-hydrogen) atoms. The molecule has 0 spiro atoms. The number of amides is 5. The van der Waals surface area contributed by atoms with Gasteiger partial charge in [-0.1, -0.05) is 30.4 Å². The predicted octanol–water partition coefficient (Wildman–Crippen LogP) is 2.81. The number of likely N-dealkylation sites (tertiary alicyclic amines) is 1. The van der Waals surface area contributed by atoms with Gasteiger partial charge in [0.25, 0.3) is 0 Å². The van der Waals surface area contributed by atoms with Crippen molar-refractivity contribution in [3.63, 3.8) is 0 Å². The molecule has 2 aliphatic rings. The van der Waals surface area contributed by atoms with Gasteiger partial charge in [-0.05, 0) is 51.2 Å². The number of allylic oxidation sites excluding steroid dienone is 1. The number of urea groups is 2. The van der Waals surface area contributed by atoms with E-state index in [1.807, 2.05) is 40.2 Å². The van der Waals surface area contributed by atoms with Crippen LogP contribution in [-0.2, 0) is 4.79 Å². The lowest BCUT2D eigenvalue weighted by Gasteiger charge is -2.39. The van der Waals surface area contributed by atoms with E-state index in [-0.39, 0.29) is 17.8 Å². The fraction of sp³-hybridized carbons (Fsp3) is 0.538. The van der Waals surface area contributed by atoms with Crippen molar-refractivity contribution in [3.05, 3.63) is 42.5 Å². The van der Waals surface area contributed by atoms with E-state index in [1.165, 1.54) is 0 Å². The zero-order chi connectivity index (χ0) is 25.9. The van der Waals surface area contributed by atoms with E-state index in [0.717, 1.165) is 45.4 Å². The van der Waals surface area contributed by atoms with Gasteiger partial charge in [0.15, 0.2) is 0 Å². The van der Waals surface area contributed by atoms with Crippen LogP contribution in [0.2, 0.25) is 0 Å². The molecule has 5 amide bonds. The standard InChI is InChI=1S/C26H38N6O4/c1-3-4-8-20(2)30-15-17-31(18-16-30)23(33)19-21-11-13-32(14-12-21)26(29-25(35)28-24(27)34)36-22-9-6-5-7-10-22/h3-7,9-10,20-21H,8,11-19H2,1-2H3,(H3,27,28,34,35)/b4-3-,29-26+. The summed E-state index contributed by atoms with van der Waals surface area (Å²) >= 11 is 0. The Morgan fingerprint density at radius 2 is 1.75 bits per heavy atom. The number of hydrogen-bond donors (Lipinski definition) is 2. The van der Waals surface area contributed by atoms with Crippen molar-refractivity contribution < 1.29 is 19.1 Å². The molecular weight excluding hydrogens is 460 g/mol. The van der Waals surface area contributed by atoms with Crippen molar-refractivity contribution in [2.75, 3.05) is 39.3 Å². The Kier molecular flexibility index (Phi) is 10.3. The van der Waals surface area contributed by atoms with Crippen LogP contribution in [0.5, 0.6) is 5.75 Å². The lowest BCUT2D eigenvalue weighted by Crippen LogP contribution is -2.51. The van der Waals surface area contributed by atoms with Crippen molar-refractivity contribution in [3.8, 4) is 5.75 Å². The number of nitrogens with two attached hydrogens (primary N) is 1. The highest BCUT2D eigenvalue weighted by atomic mass is 16.5. The number of primary amides is 1. The summed E-state index contributed by atoms with van der Waals surface area (Å²) in [5.41, 5.74) is 5.03. The highest BCUT2D eigenvalue weighted by Crippen LogP contribution is 2.23. The van der Waals surface area contributed by atoms with Crippen molar-refractivity contribution in [1.82, 2.24) is 20.0 Å². The fourth-order valence-corrected chi connectivity index (χ4v) is 4.57. The van der Waals surface area contributed by atoms with Crippen LogP contribution >= 0.6 is 0 Å². The third-order valence-electron chi connectivity index (χ3n) is 6.73. The number of para-hydroxylation sites is 1. The molecule has 0 bridgehead atoms. The van der Waals surface area contributed by atoms with Crippen LogP contribution in [0.4, 0.5) is 9.59 Å². The lowest BCUT2D eigenvalue weighted by atomic mass is 9.93. The van der Waals surface area contributed by atoms with Gasteiger partial charge in [-0.15, -0.1) is 4.99 Å². The number of imide groups is 1. The molecule has 0 aromatic heterocycles. The first-order chi connectivity index (χ1) is 17.4. The first-order valence-corrected chi connectivity index (χ1v) is 12.7. The highest BCUT2D eigenvalue weighted by Gasteiger charge is 2.29. The van der Waals surface area contributed by atoms with Crippen LogP contribution < -0.4 is 15.8 Å². The largest absolute Gasteiger partial charge is 0.426 e. The maximum absolute atomic E-state index is 13.0. The van der Waals surface area contributed by atoms with E-state index in [9.17, 15) is 14.4 Å². The quantitative estimate of drug-likeness (QED) is 0.354. The molecule has 10 heteroatoms.